The Morgan fingerprint density at radius 2 is 1.98 bits per heavy atom. The van der Waals surface area contributed by atoms with Gasteiger partial charge in [-0.1, -0.05) is 11.8 Å². The Morgan fingerprint density at radius 3 is 2.71 bits per heavy atom. The Labute approximate surface area is 255 Å². The van der Waals surface area contributed by atoms with Crippen LogP contribution in [-0.2, 0) is 20.9 Å². The van der Waals surface area contributed by atoms with Crippen molar-refractivity contribution in [2.45, 2.75) is 67.8 Å². The average molecular weight is 665 g/mol. The second-order valence-electron chi connectivity index (χ2n) is 10.4. The molecule has 0 radical (unpaired) electrons. The number of amides is 1. The van der Waals surface area contributed by atoms with Crippen LogP contribution in [0.3, 0.4) is 0 Å². The van der Waals surface area contributed by atoms with Gasteiger partial charge in [-0.15, -0.1) is 0 Å². The molecule has 13 nitrogen and oxygen atoms in total. The maximum Gasteiger partial charge on any atom is 0.306 e. The summed E-state index contributed by atoms with van der Waals surface area (Å²) in [6, 6.07) is 3.33. The lowest BCUT2D eigenvalue weighted by Crippen LogP contribution is -2.44. The smallest absolute Gasteiger partial charge is 0.306 e. The first-order valence-corrected chi connectivity index (χ1v) is 15.4. The number of anilines is 1. The summed E-state index contributed by atoms with van der Waals surface area (Å²) in [5.74, 6) is 1.39. The Hall–Kier alpha value is -3.14. The number of fused-ring (bicyclic) bond motifs is 2. The van der Waals surface area contributed by atoms with Crippen molar-refractivity contribution in [3.8, 4) is 11.5 Å². The van der Waals surface area contributed by atoms with Gasteiger partial charge in [-0.05, 0) is 66.6 Å². The van der Waals surface area contributed by atoms with Crippen LogP contribution in [0.1, 0.15) is 39.0 Å². The van der Waals surface area contributed by atoms with Gasteiger partial charge in [-0.25, -0.2) is 15.0 Å². The van der Waals surface area contributed by atoms with Crippen molar-refractivity contribution in [2.75, 3.05) is 32.2 Å². The zero-order valence-corrected chi connectivity index (χ0v) is 25.6. The van der Waals surface area contributed by atoms with E-state index in [0.717, 1.165) is 33.8 Å². The van der Waals surface area contributed by atoms with Crippen LogP contribution in [0.5, 0.6) is 11.5 Å². The number of likely N-dealkylation sites (tertiary alicyclic amines) is 1. The number of halogens is 1. The first-order chi connectivity index (χ1) is 20.2. The number of rotatable bonds is 11. The van der Waals surface area contributed by atoms with E-state index in [0.29, 0.717) is 60.5 Å². The number of hydrogen-bond acceptors (Lipinski definition) is 12. The fourth-order valence-electron chi connectivity index (χ4n) is 5.00. The Kier molecular flexibility index (Phi) is 9.70. The van der Waals surface area contributed by atoms with Gasteiger partial charge in [0.1, 0.15) is 6.33 Å². The summed E-state index contributed by atoms with van der Waals surface area (Å²) >= 11 is 5.11. The number of imidazole rings is 1. The Bertz CT molecular complexity index is 1450. The summed E-state index contributed by atoms with van der Waals surface area (Å²) in [5, 5.41) is 9.74. The molecule has 0 bridgehead atoms. The molecule has 5 N–H and O–H groups in total. The van der Waals surface area contributed by atoms with Crippen molar-refractivity contribution in [1.29, 1.82) is 0 Å². The van der Waals surface area contributed by atoms with Gasteiger partial charge in [-0.2, -0.15) is 0 Å². The monoisotopic (exact) mass is 663 g/mol. The molecule has 1 fully saturated rings. The zero-order valence-electron chi connectivity index (χ0n) is 23.2. The van der Waals surface area contributed by atoms with Gasteiger partial charge < -0.3 is 40.3 Å². The molecule has 0 saturated carbocycles. The number of esters is 1. The number of carbonyl (C=O) groups excluding carboxylic acids is 2. The molecule has 2 unspecified atom stereocenters. The highest BCUT2D eigenvalue weighted by Gasteiger charge is 2.29. The number of nitrogens with two attached hydrogens (primary N) is 2. The highest BCUT2D eigenvalue weighted by Crippen LogP contribution is 2.43. The summed E-state index contributed by atoms with van der Waals surface area (Å²) in [5.41, 5.74) is 13.0. The minimum atomic E-state index is -0.864. The van der Waals surface area contributed by atoms with Crippen LogP contribution in [-0.4, -0.2) is 80.0 Å². The molecular weight excluding hydrogens is 630 g/mol. The van der Waals surface area contributed by atoms with E-state index in [9.17, 15) is 9.59 Å². The number of aryl methyl sites for hydroxylation is 1. The van der Waals surface area contributed by atoms with Gasteiger partial charge in [0.05, 0.1) is 6.61 Å². The molecule has 42 heavy (non-hydrogen) atoms. The van der Waals surface area contributed by atoms with Crippen LogP contribution >= 0.6 is 27.7 Å². The van der Waals surface area contributed by atoms with E-state index < -0.39 is 18.1 Å². The first-order valence-electron chi connectivity index (χ1n) is 13.8. The molecule has 226 valence electrons. The maximum atomic E-state index is 12.9. The van der Waals surface area contributed by atoms with E-state index in [1.54, 1.807) is 11.8 Å². The van der Waals surface area contributed by atoms with Crippen molar-refractivity contribution in [3.05, 3.63) is 22.9 Å². The van der Waals surface area contributed by atoms with E-state index in [2.05, 4.69) is 30.5 Å². The number of nitrogen functional groups attached to an aromatic ring is 1. The lowest BCUT2D eigenvalue weighted by atomic mass is 9.93. The summed E-state index contributed by atoms with van der Waals surface area (Å²) < 4.78 is 19.3. The number of carbonyl (C=O) groups is 2. The van der Waals surface area contributed by atoms with Gasteiger partial charge in [0, 0.05) is 41.5 Å². The number of aromatic nitrogens is 4. The van der Waals surface area contributed by atoms with Gasteiger partial charge >= 0.3 is 5.97 Å². The van der Waals surface area contributed by atoms with Gasteiger partial charge in [0.15, 0.2) is 39.7 Å². The molecule has 2 aromatic heterocycles. The van der Waals surface area contributed by atoms with E-state index >= 15 is 0 Å². The summed E-state index contributed by atoms with van der Waals surface area (Å²) in [6.07, 6.45) is 3.47. The molecule has 15 heteroatoms. The van der Waals surface area contributed by atoms with Crippen molar-refractivity contribution >= 4 is 56.6 Å². The Balaban J connectivity index is 1.20. The molecule has 1 aromatic carbocycles. The number of piperidine rings is 1. The van der Waals surface area contributed by atoms with Crippen LogP contribution in [0.25, 0.3) is 11.2 Å². The van der Waals surface area contributed by atoms with E-state index in [4.69, 9.17) is 35.8 Å². The Morgan fingerprint density at radius 1 is 1.24 bits per heavy atom. The number of nitrogens with zero attached hydrogens (tertiary/aromatic N) is 5. The van der Waals surface area contributed by atoms with E-state index in [-0.39, 0.29) is 25.7 Å². The van der Waals surface area contributed by atoms with Crippen molar-refractivity contribution in [1.82, 2.24) is 24.4 Å². The fourth-order valence-corrected chi connectivity index (χ4v) is 6.51. The summed E-state index contributed by atoms with van der Waals surface area (Å²) in [7, 11) is 0. The third-order valence-corrected chi connectivity index (χ3v) is 9.42. The van der Waals surface area contributed by atoms with Crippen LogP contribution in [0.15, 0.2) is 33.0 Å². The number of aliphatic hydroxyl groups excluding tert-OH is 1. The first kappa shape index (κ1) is 30.3. The largest absolute Gasteiger partial charge is 0.454 e. The standard InChI is InChI=1S/C27H34BrN7O6S/c1-15(41-22(37)3-2-17(29)12-36)26(38)34-7-4-16(5-8-34)6-9-35-25-23(24(30)31-13-32-25)33-27(35)42-21-11-20-19(10-18(21)28)39-14-40-20/h10-11,13,15-17,36H,2-9,12,14,29H2,1H3,(H2,30,31,32). The molecule has 2 atom stereocenters. The van der Waals surface area contributed by atoms with Gasteiger partial charge in [0.2, 0.25) is 6.79 Å². The SMILES string of the molecule is CC(OC(=O)CCC(N)CO)C(=O)N1CCC(CCn2c(Sc3cc4c(cc3Br)OCO4)nc3c(N)ncnc32)CC1. The van der Waals surface area contributed by atoms with Crippen molar-refractivity contribution in [3.63, 3.8) is 0 Å². The fraction of sp³-hybridized carbons (Fsp3) is 0.519. The predicted molar refractivity (Wildman–Crippen MR) is 158 cm³/mol. The maximum absolute atomic E-state index is 12.9. The number of hydrogen-bond donors (Lipinski definition) is 3. The second kappa shape index (κ2) is 13.4. The quantitative estimate of drug-likeness (QED) is 0.256. The second-order valence-corrected chi connectivity index (χ2v) is 12.2. The summed E-state index contributed by atoms with van der Waals surface area (Å²) in [6.45, 7) is 3.43. The van der Waals surface area contributed by atoms with Crippen LogP contribution in [0, 0.1) is 5.92 Å². The zero-order chi connectivity index (χ0) is 29.8. The molecule has 0 spiro atoms. The normalized spacial score (nSPS) is 16.5. The molecule has 0 aliphatic carbocycles. The molecular formula is C27H34BrN7O6S. The highest BCUT2D eigenvalue weighted by atomic mass is 79.9. The predicted octanol–water partition coefficient (Wildman–Crippen LogP) is 2.71. The molecule has 1 saturated heterocycles. The molecule has 5 rings (SSSR count). The topological polar surface area (TPSA) is 181 Å². The van der Waals surface area contributed by atoms with E-state index in [1.807, 2.05) is 12.1 Å². The minimum Gasteiger partial charge on any atom is -0.454 e. The van der Waals surface area contributed by atoms with Gasteiger partial charge in [-0.3, -0.25) is 9.59 Å². The summed E-state index contributed by atoms with van der Waals surface area (Å²) in [4.78, 5) is 41.0. The van der Waals surface area contributed by atoms with Gasteiger partial charge in [0.25, 0.3) is 5.91 Å². The van der Waals surface area contributed by atoms with Crippen LogP contribution in [0.2, 0.25) is 0 Å². The third-order valence-electron chi connectivity index (χ3n) is 7.45. The van der Waals surface area contributed by atoms with Crippen molar-refractivity contribution in [2.24, 2.45) is 11.7 Å². The van der Waals surface area contributed by atoms with Crippen LogP contribution in [0.4, 0.5) is 5.82 Å². The number of benzene rings is 1. The van der Waals surface area contributed by atoms with Crippen LogP contribution < -0.4 is 20.9 Å². The molecule has 2 aliphatic rings. The molecule has 3 aromatic rings. The average Bonchev–Trinajstić information content (AvgIpc) is 3.59. The molecule has 1 amide bonds. The van der Waals surface area contributed by atoms with E-state index in [1.165, 1.54) is 18.1 Å². The minimum absolute atomic E-state index is 0.0623. The molecule has 4 heterocycles. The van der Waals surface area contributed by atoms with Crippen molar-refractivity contribution < 1.29 is 28.9 Å². The highest BCUT2D eigenvalue weighted by molar-refractivity contribution is 9.10. The lowest BCUT2D eigenvalue weighted by molar-refractivity contribution is -0.160. The molecule has 2 aliphatic heterocycles. The number of aliphatic hydroxyl groups is 1. The number of ether oxygens (including phenoxy) is 3. The third kappa shape index (κ3) is 6.90. The lowest BCUT2D eigenvalue weighted by Gasteiger charge is -2.33.